The number of alkyl halides is 4. The number of benzene rings is 1. The van der Waals surface area contributed by atoms with Crippen LogP contribution in [-0.2, 0) is 0 Å². The summed E-state index contributed by atoms with van der Waals surface area (Å²) in [6, 6.07) is 4.52. The minimum Gasteiger partial charge on any atom is -0.497 e. The molecule has 4 nitrogen and oxygen atoms in total. The fourth-order valence-corrected chi connectivity index (χ4v) is 2.24. The lowest BCUT2D eigenvalue weighted by atomic mass is 10.2. The Hall–Kier alpha value is -1.34. The van der Waals surface area contributed by atoms with Crippen LogP contribution in [0.3, 0.4) is 0 Å². The Morgan fingerprint density at radius 1 is 1.19 bits per heavy atom. The van der Waals surface area contributed by atoms with Crippen LogP contribution in [0.25, 0.3) is 0 Å². The lowest BCUT2D eigenvalue weighted by molar-refractivity contribution is -0.0599. The molecule has 1 heterocycles. The third kappa shape index (κ3) is 2.98. The van der Waals surface area contributed by atoms with Crippen molar-refractivity contribution in [2.24, 2.45) is 5.10 Å². The molecule has 1 aliphatic rings. The number of anilines is 2. The van der Waals surface area contributed by atoms with Gasteiger partial charge in [0.05, 0.1) is 18.5 Å². The summed E-state index contributed by atoms with van der Waals surface area (Å²) in [5.41, 5.74) is 0.436. The summed E-state index contributed by atoms with van der Waals surface area (Å²) in [5, 5.41) is 4.62. The van der Waals surface area contributed by atoms with E-state index >= 15 is 0 Å². The number of rotatable bonds is 2. The van der Waals surface area contributed by atoms with Crippen molar-refractivity contribution in [3.8, 4) is 5.75 Å². The molecule has 0 saturated carbocycles. The predicted molar refractivity (Wildman–Crippen MR) is 77.2 cm³/mol. The summed E-state index contributed by atoms with van der Waals surface area (Å²) in [5.74, 6) is -0.895. The van der Waals surface area contributed by atoms with Gasteiger partial charge in [0.1, 0.15) is 10.7 Å². The fourth-order valence-electron chi connectivity index (χ4n) is 1.84. The van der Waals surface area contributed by atoms with Crippen LogP contribution < -0.4 is 14.2 Å². The van der Waals surface area contributed by atoms with E-state index in [2.05, 4.69) is 5.10 Å². The molecule has 0 aliphatic carbocycles. The van der Waals surface area contributed by atoms with E-state index in [0.717, 1.165) is 5.01 Å². The molecule has 0 amide bonds. The first-order valence-electron chi connectivity index (χ1n) is 5.84. The summed E-state index contributed by atoms with van der Waals surface area (Å²) < 4.78 is 44.7. The number of hydrogen-bond acceptors (Lipinski definition) is 4. The molecule has 1 aliphatic heterocycles. The second-order valence-corrected chi connectivity index (χ2v) is 6.04. The quantitative estimate of drug-likeness (QED) is 0.455. The largest absolute Gasteiger partial charge is 0.497 e. The molecule has 21 heavy (non-hydrogen) atoms. The predicted octanol–water partition coefficient (Wildman–Crippen LogP) is 4.33. The first-order valence-corrected chi connectivity index (χ1v) is 6.56. The minimum absolute atomic E-state index is 0.0899. The van der Waals surface area contributed by atoms with E-state index in [4.69, 9.17) is 28.1 Å². The van der Waals surface area contributed by atoms with Gasteiger partial charge in [0.25, 0.3) is 0 Å². The molecule has 0 N–H and O–H groups in total. The van der Waals surface area contributed by atoms with E-state index in [9.17, 15) is 13.2 Å². The highest BCUT2D eigenvalue weighted by atomic mass is 35.5. The molecule has 0 unspecified atom stereocenters. The van der Waals surface area contributed by atoms with Crippen molar-refractivity contribution in [3.05, 3.63) is 18.2 Å². The fraction of sp³-hybridized carbons (Fsp3) is 0.417. The molecular weight excluding hydrogens is 330 g/mol. The molecule has 0 aromatic heterocycles. The van der Waals surface area contributed by atoms with Crippen molar-refractivity contribution in [3.63, 3.8) is 0 Å². The molecule has 0 saturated heterocycles. The monoisotopic (exact) mass is 341 g/mol. The SMILES string of the molecule is COc1ccc2c(c1)N(Cl)C(C(F)(F)F)=NN2C(C)(C)Cl. The van der Waals surface area contributed by atoms with Crippen LogP contribution in [0.2, 0.25) is 0 Å². The summed E-state index contributed by atoms with van der Waals surface area (Å²) >= 11 is 11.9. The van der Waals surface area contributed by atoms with Gasteiger partial charge in [-0.05, 0) is 26.0 Å². The average Bonchev–Trinajstić information content (AvgIpc) is 2.35. The van der Waals surface area contributed by atoms with Crippen molar-refractivity contribution in [1.29, 1.82) is 0 Å². The van der Waals surface area contributed by atoms with Gasteiger partial charge in [-0.2, -0.15) is 13.2 Å². The summed E-state index contributed by atoms with van der Waals surface area (Å²) in [4.78, 5) is -1.17. The average molecular weight is 342 g/mol. The van der Waals surface area contributed by atoms with E-state index in [0.29, 0.717) is 15.9 Å². The van der Waals surface area contributed by atoms with Crippen LogP contribution >= 0.6 is 23.4 Å². The topological polar surface area (TPSA) is 28.1 Å². The molecule has 0 radical (unpaired) electrons. The van der Waals surface area contributed by atoms with Crippen LogP contribution in [0.5, 0.6) is 5.75 Å². The number of methoxy groups -OCH3 is 1. The Balaban J connectivity index is 2.64. The summed E-state index contributed by atoms with van der Waals surface area (Å²) in [7, 11) is 1.41. The van der Waals surface area contributed by atoms with Crippen molar-refractivity contribution in [2.75, 3.05) is 16.5 Å². The molecule has 1 aromatic carbocycles. The van der Waals surface area contributed by atoms with Gasteiger partial charge in [-0.25, -0.2) is 9.43 Å². The lowest BCUT2D eigenvalue weighted by Crippen LogP contribution is -2.46. The molecule has 2 rings (SSSR count). The molecule has 116 valence electrons. The van der Waals surface area contributed by atoms with Gasteiger partial charge in [-0.3, -0.25) is 0 Å². The second-order valence-electron chi connectivity index (χ2n) is 4.78. The molecular formula is C12H12Cl2F3N3O. The van der Waals surface area contributed by atoms with Crippen LogP contribution in [0, 0.1) is 0 Å². The third-order valence-electron chi connectivity index (χ3n) is 2.76. The highest BCUT2D eigenvalue weighted by Crippen LogP contribution is 2.44. The highest BCUT2D eigenvalue weighted by Gasteiger charge is 2.46. The number of nitrogens with zero attached hydrogens (tertiary/aromatic N) is 3. The van der Waals surface area contributed by atoms with E-state index in [1.165, 1.54) is 27.0 Å². The number of hydrazone groups is 1. The normalized spacial score (nSPS) is 15.7. The molecule has 1 aromatic rings. The summed E-state index contributed by atoms with van der Waals surface area (Å²) in [6.07, 6.45) is -4.72. The van der Waals surface area contributed by atoms with Crippen molar-refractivity contribution < 1.29 is 17.9 Å². The Morgan fingerprint density at radius 2 is 1.81 bits per heavy atom. The van der Waals surface area contributed by atoms with Crippen molar-refractivity contribution in [1.82, 2.24) is 0 Å². The number of halogens is 5. The molecule has 0 atom stereocenters. The Bertz CT molecular complexity index is 584. The van der Waals surface area contributed by atoms with Crippen LogP contribution in [0.1, 0.15) is 13.8 Å². The van der Waals surface area contributed by atoms with Gasteiger partial charge in [0.2, 0.25) is 5.84 Å². The lowest BCUT2D eigenvalue weighted by Gasteiger charge is -2.38. The van der Waals surface area contributed by atoms with Gasteiger partial charge in [0.15, 0.2) is 0 Å². The maximum atomic E-state index is 13.1. The Kier molecular flexibility index (Phi) is 3.92. The van der Waals surface area contributed by atoms with E-state index < -0.39 is 17.0 Å². The number of amidine groups is 1. The van der Waals surface area contributed by atoms with Gasteiger partial charge in [-0.15, -0.1) is 5.10 Å². The maximum Gasteiger partial charge on any atom is 0.452 e. The van der Waals surface area contributed by atoms with E-state index in [1.807, 2.05) is 0 Å². The first kappa shape index (κ1) is 16.0. The Labute approximate surface area is 129 Å². The second kappa shape index (κ2) is 5.14. The minimum atomic E-state index is -4.72. The molecule has 0 bridgehead atoms. The van der Waals surface area contributed by atoms with E-state index in [1.54, 1.807) is 12.1 Å². The highest BCUT2D eigenvalue weighted by molar-refractivity contribution is 6.40. The number of ether oxygens (including phenoxy) is 1. The van der Waals surface area contributed by atoms with Crippen LogP contribution in [0.15, 0.2) is 23.3 Å². The van der Waals surface area contributed by atoms with Gasteiger partial charge in [0, 0.05) is 17.8 Å². The molecule has 0 spiro atoms. The van der Waals surface area contributed by atoms with E-state index in [-0.39, 0.29) is 5.69 Å². The van der Waals surface area contributed by atoms with Gasteiger partial charge >= 0.3 is 6.18 Å². The van der Waals surface area contributed by atoms with Gasteiger partial charge < -0.3 is 4.74 Å². The zero-order valence-electron chi connectivity index (χ0n) is 11.4. The van der Waals surface area contributed by atoms with Crippen LogP contribution in [0.4, 0.5) is 24.5 Å². The smallest absolute Gasteiger partial charge is 0.452 e. The first-order chi connectivity index (χ1) is 9.55. The zero-order valence-corrected chi connectivity index (χ0v) is 12.9. The number of fused-ring (bicyclic) bond motifs is 1. The van der Waals surface area contributed by atoms with Crippen molar-refractivity contribution in [2.45, 2.75) is 25.0 Å². The molecule has 0 fully saturated rings. The summed E-state index contributed by atoms with van der Waals surface area (Å²) in [6.45, 7) is 3.06. The maximum absolute atomic E-state index is 13.1. The van der Waals surface area contributed by atoms with Crippen LogP contribution in [-0.4, -0.2) is 24.1 Å². The standard InChI is InChI=1S/C12H12Cl2F3N3O/c1-11(2,13)20-8-5-4-7(21-3)6-9(8)19(14)10(18-20)12(15,16)17/h4-6H,1-3H3. The van der Waals surface area contributed by atoms with Gasteiger partial charge in [-0.1, -0.05) is 11.6 Å². The van der Waals surface area contributed by atoms with Crippen molar-refractivity contribution >= 4 is 40.6 Å². The Morgan fingerprint density at radius 3 is 2.29 bits per heavy atom. The molecule has 9 heteroatoms. The third-order valence-corrected chi connectivity index (χ3v) is 3.26. The number of hydrogen-bond donors (Lipinski definition) is 0. The zero-order chi connectivity index (χ0) is 16.0.